The highest BCUT2D eigenvalue weighted by Gasteiger charge is 2.14. The van der Waals surface area contributed by atoms with Crippen LogP contribution in [0.4, 0.5) is 0 Å². The summed E-state index contributed by atoms with van der Waals surface area (Å²) in [5.41, 5.74) is 0. The fourth-order valence-corrected chi connectivity index (χ4v) is 7.61. The Morgan fingerprint density at radius 1 is 0.347 bits per heavy atom. The summed E-state index contributed by atoms with van der Waals surface area (Å²) in [5.74, 6) is 7.26. The molecule has 6 unspecified atom stereocenters. The second-order valence-electron chi connectivity index (χ2n) is 18.9. The van der Waals surface area contributed by atoms with Crippen LogP contribution >= 0.6 is 0 Å². The molecule has 296 valence electrons. The van der Waals surface area contributed by atoms with E-state index in [0.29, 0.717) is 5.92 Å². The summed E-state index contributed by atoms with van der Waals surface area (Å²) >= 11 is 0. The van der Waals surface area contributed by atoms with E-state index >= 15 is 0 Å². The first kappa shape index (κ1) is 48.9. The molecule has 0 aromatic heterocycles. The van der Waals surface area contributed by atoms with Crippen LogP contribution in [0.25, 0.3) is 0 Å². The highest BCUT2D eigenvalue weighted by atomic mass is 16.5. The van der Waals surface area contributed by atoms with Gasteiger partial charge in [-0.1, -0.05) is 185 Å². The van der Waals surface area contributed by atoms with Gasteiger partial charge in [0.2, 0.25) is 0 Å². The molecule has 0 bridgehead atoms. The molecule has 3 nitrogen and oxygen atoms in total. The lowest BCUT2D eigenvalue weighted by Crippen LogP contribution is -2.29. The molecule has 0 saturated carbocycles. The fraction of sp³-hybridized carbons (Fsp3) is 1.00. The van der Waals surface area contributed by atoms with Crippen LogP contribution in [0.1, 0.15) is 198 Å². The predicted molar refractivity (Wildman–Crippen MR) is 221 cm³/mol. The first-order valence-electron chi connectivity index (χ1n) is 22.1. The van der Waals surface area contributed by atoms with Gasteiger partial charge in [-0.05, 0) is 74.3 Å². The normalized spacial score (nSPS) is 16.7. The topological polar surface area (TPSA) is 21.7 Å². The highest BCUT2D eigenvalue weighted by Crippen LogP contribution is 2.24. The van der Waals surface area contributed by atoms with Gasteiger partial charge in [-0.15, -0.1) is 0 Å². The van der Waals surface area contributed by atoms with Crippen molar-refractivity contribution in [1.29, 1.82) is 0 Å². The lowest BCUT2D eigenvalue weighted by atomic mass is 9.91. The maximum atomic E-state index is 6.22. The SMILES string of the molecule is CC(C)CCCC(C)CCCC(C)CCCC(C)CCOCC(COCCC(C)CCCC(C)CCCC(C)CCCC(C)C)CN(C)C. The van der Waals surface area contributed by atoms with Gasteiger partial charge >= 0.3 is 0 Å². The smallest absolute Gasteiger partial charge is 0.0528 e. The number of rotatable bonds is 36. The first-order valence-corrected chi connectivity index (χ1v) is 22.1. The van der Waals surface area contributed by atoms with Gasteiger partial charge < -0.3 is 14.4 Å². The Morgan fingerprint density at radius 2 is 0.592 bits per heavy atom. The van der Waals surface area contributed by atoms with E-state index in [9.17, 15) is 0 Å². The zero-order valence-corrected chi connectivity index (χ0v) is 36.1. The van der Waals surface area contributed by atoms with E-state index in [1.54, 1.807) is 0 Å². The number of hydrogen-bond acceptors (Lipinski definition) is 3. The molecule has 0 aromatic carbocycles. The van der Waals surface area contributed by atoms with Crippen molar-refractivity contribution in [2.75, 3.05) is 47.1 Å². The van der Waals surface area contributed by atoms with Gasteiger partial charge in [-0.3, -0.25) is 0 Å². The Balaban J connectivity index is 3.94. The van der Waals surface area contributed by atoms with Crippen LogP contribution in [-0.4, -0.2) is 52.0 Å². The monoisotopic (exact) mass is 694 g/mol. The van der Waals surface area contributed by atoms with E-state index < -0.39 is 0 Å². The Hall–Kier alpha value is -0.120. The second kappa shape index (κ2) is 32.5. The van der Waals surface area contributed by atoms with Gasteiger partial charge in [0.05, 0.1) is 13.2 Å². The van der Waals surface area contributed by atoms with Crippen molar-refractivity contribution in [1.82, 2.24) is 4.90 Å². The van der Waals surface area contributed by atoms with E-state index in [1.807, 2.05) is 0 Å². The molecule has 49 heavy (non-hydrogen) atoms. The third-order valence-corrected chi connectivity index (χ3v) is 11.4. The minimum Gasteiger partial charge on any atom is -0.381 e. The van der Waals surface area contributed by atoms with Crippen LogP contribution < -0.4 is 0 Å². The van der Waals surface area contributed by atoms with Crippen molar-refractivity contribution in [2.24, 2.45) is 53.3 Å². The molecular formula is C46H95NO2. The quantitative estimate of drug-likeness (QED) is 0.0610. The Kier molecular flexibility index (Phi) is 32.4. The summed E-state index contributed by atoms with van der Waals surface area (Å²) in [6.07, 6.45) is 27.6. The molecule has 0 radical (unpaired) electrons. The van der Waals surface area contributed by atoms with Crippen molar-refractivity contribution in [3.8, 4) is 0 Å². The Morgan fingerprint density at radius 3 is 0.837 bits per heavy atom. The van der Waals surface area contributed by atoms with Crippen molar-refractivity contribution in [3.63, 3.8) is 0 Å². The van der Waals surface area contributed by atoms with Crippen molar-refractivity contribution < 1.29 is 9.47 Å². The third kappa shape index (κ3) is 34.7. The fourth-order valence-electron chi connectivity index (χ4n) is 7.61. The van der Waals surface area contributed by atoms with Crippen LogP contribution in [-0.2, 0) is 9.47 Å². The number of hydrogen-bond donors (Lipinski definition) is 0. The second-order valence-corrected chi connectivity index (χ2v) is 18.9. The molecule has 0 rings (SSSR count). The van der Waals surface area contributed by atoms with E-state index in [1.165, 1.54) is 128 Å². The minimum atomic E-state index is 0.457. The molecule has 0 heterocycles. The lowest BCUT2D eigenvalue weighted by molar-refractivity contribution is 0.0229. The molecule has 0 N–H and O–H groups in total. The summed E-state index contributed by atoms with van der Waals surface area (Å²) < 4.78 is 12.4. The van der Waals surface area contributed by atoms with Gasteiger partial charge in [0.1, 0.15) is 0 Å². The van der Waals surface area contributed by atoms with Gasteiger partial charge in [0.15, 0.2) is 0 Å². The number of nitrogens with zero attached hydrogens (tertiary/aromatic N) is 1. The Labute approximate surface area is 311 Å². The Bertz CT molecular complexity index is 626. The molecule has 0 aliphatic carbocycles. The first-order chi connectivity index (χ1) is 23.3. The third-order valence-electron chi connectivity index (χ3n) is 11.4. The lowest BCUT2D eigenvalue weighted by Gasteiger charge is -2.22. The largest absolute Gasteiger partial charge is 0.381 e. The standard InChI is InChI=1S/C46H95NO2/c1-38(2)19-13-21-40(5)23-15-25-42(7)27-17-29-44(9)31-33-48-36-46(35-47(11)12)37-49-34-32-45(10)30-18-28-43(8)26-16-24-41(6)22-14-20-39(3)4/h38-46H,13-37H2,1-12H3. The zero-order valence-electron chi connectivity index (χ0n) is 36.1. The van der Waals surface area contributed by atoms with Crippen molar-refractivity contribution in [2.45, 2.75) is 198 Å². The van der Waals surface area contributed by atoms with Crippen LogP contribution in [0.5, 0.6) is 0 Å². The summed E-state index contributed by atoms with van der Waals surface area (Å²) in [6.45, 7) is 28.6. The molecule has 0 aliphatic rings. The summed E-state index contributed by atoms with van der Waals surface area (Å²) in [4.78, 5) is 2.28. The van der Waals surface area contributed by atoms with Crippen molar-refractivity contribution >= 4 is 0 Å². The molecule has 0 aliphatic heterocycles. The summed E-state index contributed by atoms with van der Waals surface area (Å²) in [6, 6.07) is 0. The molecule has 3 heteroatoms. The summed E-state index contributed by atoms with van der Waals surface area (Å²) in [7, 11) is 4.34. The average Bonchev–Trinajstić information content (AvgIpc) is 3.00. The molecule has 0 aromatic rings. The van der Waals surface area contributed by atoms with Crippen LogP contribution in [0.3, 0.4) is 0 Å². The van der Waals surface area contributed by atoms with Gasteiger partial charge in [0, 0.05) is 25.7 Å². The van der Waals surface area contributed by atoms with Crippen LogP contribution in [0.15, 0.2) is 0 Å². The van der Waals surface area contributed by atoms with Gasteiger partial charge in [-0.25, -0.2) is 0 Å². The van der Waals surface area contributed by atoms with Crippen LogP contribution in [0.2, 0.25) is 0 Å². The van der Waals surface area contributed by atoms with Gasteiger partial charge in [0.25, 0.3) is 0 Å². The van der Waals surface area contributed by atoms with E-state index in [4.69, 9.17) is 9.47 Å². The highest BCUT2D eigenvalue weighted by molar-refractivity contribution is 4.65. The molecule has 0 spiro atoms. The molecule has 0 amide bonds. The predicted octanol–water partition coefficient (Wildman–Crippen LogP) is 14.1. The molecular weight excluding hydrogens is 599 g/mol. The maximum Gasteiger partial charge on any atom is 0.0528 e. The van der Waals surface area contributed by atoms with Crippen molar-refractivity contribution in [3.05, 3.63) is 0 Å². The van der Waals surface area contributed by atoms with Gasteiger partial charge in [-0.2, -0.15) is 0 Å². The molecule has 0 saturated heterocycles. The van der Waals surface area contributed by atoms with E-state index in [2.05, 4.69) is 88.2 Å². The van der Waals surface area contributed by atoms with E-state index in [0.717, 1.165) is 80.3 Å². The van der Waals surface area contributed by atoms with Crippen LogP contribution in [0, 0.1) is 53.3 Å². The maximum absolute atomic E-state index is 6.22. The zero-order chi connectivity index (χ0) is 36.9. The number of ether oxygens (including phenoxy) is 2. The molecule has 0 fully saturated rings. The molecule has 6 atom stereocenters. The van der Waals surface area contributed by atoms with E-state index in [-0.39, 0.29) is 0 Å². The summed E-state index contributed by atoms with van der Waals surface area (Å²) in [5, 5.41) is 0. The minimum absolute atomic E-state index is 0.457. The average molecular weight is 694 g/mol.